The molecule has 2 saturated heterocycles. The van der Waals surface area contributed by atoms with Crippen LogP contribution in [-0.4, -0.2) is 166 Å². The number of imide groups is 2. The number of aromatic nitrogens is 4. The predicted molar refractivity (Wildman–Crippen MR) is 248 cm³/mol. The molecule has 1 unspecified atom stereocenters. The molecule has 0 bridgehead atoms. The van der Waals surface area contributed by atoms with E-state index in [9.17, 15) is 36.8 Å². The Bertz CT molecular complexity index is 2850. The molecule has 8 rings (SSSR count). The standard InChI is InChI=1S/C46H51FN10O12S/c1-28-5-10-34(47)37(23-28)70(63,64)55-30-8-6-29(7-9-30)41-52-42-33(24-50-54-42)44(53-41)69-26-31-25-56(16-18-68-31)15-17-65-19-20-66-21-22-67-27-39(59)49-14-13-48-35-4-2-3-32-40(35)46(62)57(45(32)61)36-11-12-38(58)51-43(36)60/h2-10,23-24,31,36,48,55H,11-22,25-27H2,1H3,(H,49,59)(H,51,58,60)(H,50,52,53,54)/t31-,36?/m1/s1. The lowest BCUT2D eigenvalue weighted by Crippen LogP contribution is -2.54. The SMILES string of the molecule is Cc1ccc(F)c(S(=O)(=O)Nc2ccc(-c3nc(OC[C@H]4CN(CCOCCOCCOCC(=O)NCCNc5cccc6c5C(=O)N(C5CCC(=O)NC5=O)C6=O)CCO4)c4cn[nH]c4n3)cc2)c1. The Morgan fingerprint density at radius 3 is 2.53 bits per heavy atom. The van der Waals surface area contributed by atoms with Crippen molar-refractivity contribution in [3.05, 3.63) is 89.4 Å². The summed E-state index contributed by atoms with van der Waals surface area (Å²) < 4.78 is 71.5. The molecule has 0 radical (unpaired) electrons. The van der Waals surface area contributed by atoms with Crippen molar-refractivity contribution < 1.29 is 60.5 Å². The van der Waals surface area contributed by atoms with Crippen LogP contribution in [0.3, 0.4) is 0 Å². The van der Waals surface area contributed by atoms with Crippen LogP contribution in [0.2, 0.25) is 0 Å². The fourth-order valence-corrected chi connectivity index (χ4v) is 9.15. The molecule has 70 heavy (non-hydrogen) atoms. The Morgan fingerprint density at radius 1 is 0.943 bits per heavy atom. The quantitative estimate of drug-likeness (QED) is 0.0463. The van der Waals surface area contributed by atoms with Crippen LogP contribution in [0.15, 0.2) is 71.8 Å². The van der Waals surface area contributed by atoms with Gasteiger partial charge in [0.15, 0.2) is 11.5 Å². The van der Waals surface area contributed by atoms with Crippen molar-refractivity contribution >= 4 is 62.0 Å². The van der Waals surface area contributed by atoms with E-state index in [4.69, 9.17) is 23.7 Å². The molecule has 24 heteroatoms. The molecule has 2 aromatic heterocycles. The molecule has 5 aromatic rings. The Kier molecular flexibility index (Phi) is 16.0. The summed E-state index contributed by atoms with van der Waals surface area (Å²) in [6.07, 6.45) is 1.40. The number of carbonyl (C=O) groups excluding carboxylic acids is 5. The van der Waals surface area contributed by atoms with E-state index < -0.39 is 50.4 Å². The molecule has 0 spiro atoms. The summed E-state index contributed by atoms with van der Waals surface area (Å²) >= 11 is 0. The number of amides is 5. The number of morpholine rings is 1. The number of nitrogens with one attached hydrogen (secondary N) is 5. The first-order chi connectivity index (χ1) is 33.8. The molecule has 2 fully saturated rings. The highest BCUT2D eigenvalue weighted by Gasteiger charge is 2.45. The number of piperidine rings is 1. The van der Waals surface area contributed by atoms with Gasteiger partial charge in [0, 0.05) is 56.1 Å². The maximum Gasteiger partial charge on any atom is 0.264 e. The van der Waals surface area contributed by atoms with E-state index in [1.165, 1.54) is 30.3 Å². The van der Waals surface area contributed by atoms with Gasteiger partial charge in [0.1, 0.15) is 41.5 Å². The van der Waals surface area contributed by atoms with E-state index in [1.54, 1.807) is 37.4 Å². The monoisotopic (exact) mass is 986 g/mol. The minimum atomic E-state index is -4.17. The van der Waals surface area contributed by atoms with Gasteiger partial charge >= 0.3 is 0 Å². The first-order valence-corrected chi connectivity index (χ1v) is 24.0. The number of H-pyrrole nitrogens is 1. The van der Waals surface area contributed by atoms with Crippen molar-refractivity contribution in [1.29, 1.82) is 0 Å². The van der Waals surface area contributed by atoms with Gasteiger partial charge in [-0.1, -0.05) is 12.1 Å². The summed E-state index contributed by atoms with van der Waals surface area (Å²) in [5, 5.41) is 15.5. The first kappa shape index (κ1) is 49.5. The number of hydrogen-bond acceptors (Lipinski definition) is 17. The smallest absolute Gasteiger partial charge is 0.264 e. The Labute approximate surface area is 401 Å². The van der Waals surface area contributed by atoms with Crippen molar-refractivity contribution in [3.63, 3.8) is 0 Å². The number of benzene rings is 3. The molecule has 5 amide bonds. The molecule has 3 aliphatic rings. The van der Waals surface area contributed by atoms with Crippen LogP contribution >= 0.6 is 0 Å². The van der Waals surface area contributed by atoms with E-state index in [-0.39, 0.29) is 81.2 Å². The van der Waals surface area contributed by atoms with E-state index >= 15 is 0 Å². The van der Waals surface area contributed by atoms with Gasteiger partial charge in [-0.3, -0.25) is 48.9 Å². The molecule has 3 aromatic carbocycles. The number of carbonyl (C=O) groups is 5. The fraction of sp³-hybridized carbons (Fsp3) is 0.391. The Hall–Kier alpha value is -6.96. The maximum atomic E-state index is 14.3. The molecule has 3 aliphatic heterocycles. The minimum absolute atomic E-state index is 0.0257. The van der Waals surface area contributed by atoms with E-state index in [2.05, 4.69) is 45.7 Å². The first-order valence-electron chi connectivity index (χ1n) is 22.5. The van der Waals surface area contributed by atoms with Crippen LogP contribution in [0.25, 0.3) is 22.4 Å². The molecular weight excluding hydrogens is 936 g/mol. The van der Waals surface area contributed by atoms with Gasteiger partial charge in [0.25, 0.3) is 21.8 Å². The molecule has 0 saturated carbocycles. The highest BCUT2D eigenvalue weighted by atomic mass is 32.2. The zero-order valence-corrected chi connectivity index (χ0v) is 38.8. The molecule has 370 valence electrons. The number of nitrogens with zero attached hydrogens (tertiary/aromatic N) is 5. The second-order valence-corrected chi connectivity index (χ2v) is 18.1. The van der Waals surface area contributed by atoms with Crippen LogP contribution in [0.5, 0.6) is 5.88 Å². The number of aromatic amines is 1. The molecule has 5 N–H and O–H groups in total. The van der Waals surface area contributed by atoms with Crippen LogP contribution in [-0.2, 0) is 43.4 Å². The van der Waals surface area contributed by atoms with Gasteiger partial charge in [-0.05, 0) is 67.4 Å². The number of rotatable bonds is 23. The molecular formula is C46H51FN10O12S. The summed E-state index contributed by atoms with van der Waals surface area (Å²) in [4.78, 5) is 74.4. The predicted octanol–water partition coefficient (Wildman–Crippen LogP) is 2.03. The normalized spacial score (nSPS) is 17.4. The van der Waals surface area contributed by atoms with Gasteiger partial charge < -0.3 is 34.3 Å². The van der Waals surface area contributed by atoms with Gasteiger partial charge in [-0.25, -0.2) is 17.8 Å². The third kappa shape index (κ3) is 12.1. The summed E-state index contributed by atoms with van der Waals surface area (Å²) in [5.74, 6) is -2.94. The maximum absolute atomic E-state index is 14.3. The van der Waals surface area contributed by atoms with E-state index in [1.807, 2.05) is 0 Å². The van der Waals surface area contributed by atoms with Crippen molar-refractivity contribution in [2.24, 2.45) is 0 Å². The minimum Gasteiger partial charge on any atom is -0.474 e. The van der Waals surface area contributed by atoms with E-state index in [0.29, 0.717) is 79.1 Å². The van der Waals surface area contributed by atoms with Crippen molar-refractivity contribution in [2.45, 2.75) is 36.8 Å². The number of ether oxygens (including phenoxy) is 5. The third-order valence-corrected chi connectivity index (χ3v) is 12.8. The summed E-state index contributed by atoms with van der Waals surface area (Å²) in [6, 6.07) is 13.9. The van der Waals surface area contributed by atoms with Crippen LogP contribution in [0.4, 0.5) is 15.8 Å². The summed E-state index contributed by atoms with van der Waals surface area (Å²) in [6.45, 7) is 6.27. The molecule has 0 aliphatic carbocycles. The fourth-order valence-electron chi connectivity index (χ4n) is 7.93. The van der Waals surface area contributed by atoms with Gasteiger partial charge in [0.05, 0.1) is 57.0 Å². The highest BCUT2D eigenvalue weighted by Crippen LogP contribution is 2.33. The number of aryl methyl sites for hydroxylation is 1. The molecule has 2 atom stereocenters. The Balaban J connectivity index is 0.680. The zero-order chi connectivity index (χ0) is 49.2. The lowest BCUT2D eigenvalue weighted by molar-refractivity contribution is -0.136. The van der Waals surface area contributed by atoms with E-state index in [0.717, 1.165) is 17.5 Å². The number of fused-ring (bicyclic) bond motifs is 2. The van der Waals surface area contributed by atoms with Crippen LogP contribution in [0, 0.1) is 12.7 Å². The van der Waals surface area contributed by atoms with Gasteiger partial charge in [-0.15, -0.1) is 0 Å². The average Bonchev–Trinajstić information content (AvgIpc) is 3.93. The molecule has 5 heterocycles. The zero-order valence-electron chi connectivity index (χ0n) is 38.0. The molecule has 22 nitrogen and oxygen atoms in total. The second kappa shape index (κ2) is 22.6. The summed E-state index contributed by atoms with van der Waals surface area (Å²) in [5.41, 5.74) is 2.54. The van der Waals surface area contributed by atoms with Gasteiger partial charge in [0.2, 0.25) is 23.6 Å². The largest absolute Gasteiger partial charge is 0.474 e. The Morgan fingerprint density at radius 2 is 1.73 bits per heavy atom. The van der Waals surface area contributed by atoms with Crippen LogP contribution in [0.1, 0.15) is 39.1 Å². The van der Waals surface area contributed by atoms with Crippen molar-refractivity contribution in [1.82, 2.24) is 40.6 Å². The topological polar surface area (TPSA) is 275 Å². The third-order valence-electron chi connectivity index (χ3n) is 11.4. The number of halogens is 1. The summed E-state index contributed by atoms with van der Waals surface area (Å²) in [7, 11) is -4.17. The highest BCUT2D eigenvalue weighted by molar-refractivity contribution is 7.92. The van der Waals surface area contributed by atoms with Crippen LogP contribution < -0.4 is 25.4 Å². The average molecular weight is 987 g/mol. The number of anilines is 2. The van der Waals surface area contributed by atoms with Crippen molar-refractivity contribution in [3.8, 4) is 17.3 Å². The lowest BCUT2D eigenvalue weighted by Gasteiger charge is -2.32. The second-order valence-electron chi connectivity index (χ2n) is 16.4. The number of hydrogen-bond donors (Lipinski definition) is 5. The number of sulfonamides is 1. The van der Waals surface area contributed by atoms with Crippen molar-refractivity contribution in [2.75, 3.05) is 95.6 Å². The lowest BCUT2D eigenvalue weighted by atomic mass is 10.0. The van der Waals surface area contributed by atoms with Gasteiger partial charge in [-0.2, -0.15) is 10.1 Å².